The molecule has 0 unspecified atom stereocenters. The van der Waals surface area contributed by atoms with Crippen molar-refractivity contribution in [2.45, 2.75) is 39.2 Å². The quantitative estimate of drug-likeness (QED) is 0.604. The van der Waals surface area contributed by atoms with Gasteiger partial charge >= 0.3 is 5.97 Å². The second kappa shape index (κ2) is 8.39. The molecular weight excluding hydrogens is 370 g/mol. The number of hydrogen-bond acceptors (Lipinski definition) is 5. The van der Waals surface area contributed by atoms with Crippen molar-refractivity contribution < 1.29 is 23.8 Å². The van der Waals surface area contributed by atoms with Crippen LogP contribution in [0.3, 0.4) is 0 Å². The minimum Gasteiger partial charge on any atom is -0.454 e. The highest BCUT2D eigenvalue weighted by Gasteiger charge is 2.18. The molecule has 0 spiro atoms. The van der Waals surface area contributed by atoms with Gasteiger partial charge in [0, 0.05) is 11.8 Å². The second-order valence-electron chi connectivity index (χ2n) is 7.84. The molecule has 1 heterocycles. The Labute approximate surface area is 170 Å². The first-order valence-corrected chi connectivity index (χ1v) is 9.42. The van der Waals surface area contributed by atoms with Crippen molar-refractivity contribution in [2.24, 2.45) is 0 Å². The fourth-order valence-electron chi connectivity index (χ4n) is 2.75. The summed E-state index contributed by atoms with van der Waals surface area (Å²) in [6, 6.07) is 13.0. The Hall–Kier alpha value is -3.28. The number of nitrogens with one attached hydrogen (secondary N) is 1. The van der Waals surface area contributed by atoms with Crippen LogP contribution in [0.4, 0.5) is 5.69 Å². The van der Waals surface area contributed by atoms with Gasteiger partial charge in [-0.2, -0.15) is 0 Å². The largest absolute Gasteiger partial charge is 0.454 e. The summed E-state index contributed by atoms with van der Waals surface area (Å²) in [5.41, 5.74) is 2.63. The van der Waals surface area contributed by atoms with Crippen LogP contribution in [-0.2, 0) is 19.7 Å². The van der Waals surface area contributed by atoms with Crippen LogP contribution in [0.2, 0.25) is 0 Å². The lowest BCUT2D eigenvalue weighted by Crippen LogP contribution is -2.29. The van der Waals surface area contributed by atoms with Crippen LogP contribution in [0.5, 0.6) is 11.5 Å². The summed E-state index contributed by atoms with van der Waals surface area (Å²) < 4.78 is 15.7. The molecule has 0 saturated heterocycles. The van der Waals surface area contributed by atoms with Gasteiger partial charge < -0.3 is 19.5 Å². The van der Waals surface area contributed by atoms with E-state index in [1.54, 1.807) is 24.3 Å². The van der Waals surface area contributed by atoms with Crippen molar-refractivity contribution in [1.82, 2.24) is 0 Å². The summed E-state index contributed by atoms with van der Waals surface area (Å²) in [5.74, 6) is 0.308. The Morgan fingerprint density at radius 1 is 1.07 bits per heavy atom. The standard InChI is InChI=1S/C23H25NO5/c1-15(22(26)24-18-9-7-17(8-10-18)23(2,3)4)29-21(25)12-6-16-5-11-19-20(13-16)28-14-27-19/h5-13,15H,14H2,1-4H3,(H,24,26)/b12-6+/t15-/m0/s1. The van der Waals surface area contributed by atoms with Crippen LogP contribution in [0.25, 0.3) is 6.08 Å². The van der Waals surface area contributed by atoms with Crippen LogP contribution in [0.1, 0.15) is 38.8 Å². The molecular formula is C23H25NO5. The van der Waals surface area contributed by atoms with Gasteiger partial charge in [-0.05, 0) is 53.8 Å². The summed E-state index contributed by atoms with van der Waals surface area (Å²) in [4.78, 5) is 24.3. The van der Waals surface area contributed by atoms with E-state index in [0.717, 1.165) is 5.56 Å². The molecule has 1 N–H and O–H groups in total. The summed E-state index contributed by atoms with van der Waals surface area (Å²) in [5, 5.41) is 2.76. The average Bonchev–Trinajstić information content (AvgIpc) is 3.14. The summed E-state index contributed by atoms with van der Waals surface area (Å²) in [6.07, 6.45) is 1.95. The van der Waals surface area contributed by atoms with Crippen LogP contribution in [0.15, 0.2) is 48.5 Å². The molecule has 6 nitrogen and oxygen atoms in total. The predicted molar refractivity (Wildman–Crippen MR) is 111 cm³/mol. The van der Waals surface area contributed by atoms with Crippen LogP contribution in [0, 0.1) is 0 Å². The maximum absolute atomic E-state index is 12.3. The number of esters is 1. The Balaban J connectivity index is 1.53. The van der Waals surface area contributed by atoms with E-state index in [1.165, 1.54) is 18.6 Å². The maximum atomic E-state index is 12.3. The van der Waals surface area contributed by atoms with Gasteiger partial charge in [-0.15, -0.1) is 0 Å². The zero-order chi connectivity index (χ0) is 21.0. The van der Waals surface area contributed by atoms with Gasteiger partial charge in [0.15, 0.2) is 17.6 Å². The predicted octanol–water partition coefficient (Wildman–Crippen LogP) is 4.30. The maximum Gasteiger partial charge on any atom is 0.331 e. The van der Waals surface area contributed by atoms with Crippen molar-refractivity contribution in [3.8, 4) is 11.5 Å². The number of anilines is 1. The van der Waals surface area contributed by atoms with Gasteiger partial charge in [0.1, 0.15) is 0 Å². The van der Waals surface area contributed by atoms with E-state index in [1.807, 2.05) is 24.3 Å². The fourth-order valence-corrected chi connectivity index (χ4v) is 2.75. The molecule has 6 heteroatoms. The van der Waals surface area contributed by atoms with Gasteiger partial charge in [0.05, 0.1) is 0 Å². The zero-order valence-corrected chi connectivity index (χ0v) is 17.0. The molecule has 1 amide bonds. The first kappa shape index (κ1) is 20.5. The third-order valence-corrected chi connectivity index (χ3v) is 4.49. The van der Waals surface area contributed by atoms with E-state index < -0.39 is 18.0 Å². The Morgan fingerprint density at radius 3 is 2.45 bits per heavy atom. The van der Waals surface area contributed by atoms with E-state index in [2.05, 4.69) is 26.1 Å². The van der Waals surface area contributed by atoms with Crippen molar-refractivity contribution in [3.05, 3.63) is 59.7 Å². The number of rotatable bonds is 5. The lowest BCUT2D eigenvalue weighted by atomic mass is 9.87. The van der Waals surface area contributed by atoms with Gasteiger partial charge in [-0.3, -0.25) is 4.79 Å². The summed E-state index contributed by atoms with van der Waals surface area (Å²) in [6.45, 7) is 8.10. The van der Waals surface area contributed by atoms with E-state index in [9.17, 15) is 9.59 Å². The molecule has 2 aromatic carbocycles. The summed E-state index contributed by atoms with van der Waals surface area (Å²) in [7, 11) is 0. The smallest absolute Gasteiger partial charge is 0.331 e. The molecule has 3 rings (SSSR count). The minimum absolute atomic E-state index is 0.0374. The first-order valence-electron chi connectivity index (χ1n) is 9.42. The van der Waals surface area contributed by atoms with Crippen LogP contribution in [-0.4, -0.2) is 24.8 Å². The van der Waals surface area contributed by atoms with Gasteiger partial charge in [-0.1, -0.05) is 39.0 Å². The third kappa shape index (κ3) is 5.38. The highest BCUT2D eigenvalue weighted by atomic mass is 16.7. The van der Waals surface area contributed by atoms with E-state index in [-0.39, 0.29) is 12.2 Å². The van der Waals surface area contributed by atoms with Crippen LogP contribution < -0.4 is 14.8 Å². The molecule has 0 radical (unpaired) electrons. The number of hydrogen-bond donors (Lipinski definition) is 1. The Morgan fingerprint density at radius 2 is 1.76 bits per heavy atom. The molecule has 2 aromatic rings. The molecule has 152 valence electrons. The van der Waals surface area contributed by atoms with Crippen molar-refractivity contribution in [3.63, 3.8) is 0 Å². The number of carbonyl (C=O) groups is 2. The Bertz CT molecular complexity index is 925. The second-order valence-corrected chi connectivity index (χ2v) is 7.84. The van der Waals surface area contributed by atoms with Crippen molar-refractivity contribution in [1.29, 1.82) is 0 Å². The molecule has 0 bridgehead atoms. The normalized spacial score (nSPS) is 13.9. The van der Waals surface area contributed by atoms with Crippen molar-refractivity contribution >= 4 is 23.6 Å². The lowest BCUT2D eigenvalue weighted by Gasteiger charge is -2.19. The lowest BCUT2D eigenvalue weighted by molar-refractivity contribution is -0.148. The Kier molecular flexibility index (Phi) is 5.92. The summed E-state index contributed by atoms with van der Waals surface area (Å²) >= 11 is 0. The molecule has 1 aliphatic rings. The van der Waals surface area contributed by atoms with Crippen LogP contribution >= 0.6 is 0 Å². The fraction of sp³-hybridized carbons (Fsp3) is 0.304. The first-order chi connectivity index (χ1) is 13.7. The van der Waals surface area contributed by atoms with Crippen molar-refractivity contribution in [2.75, 3.05) is 12.1 Å². The van der Waals surface area contributed by atoms with Gasteiger partial charge in [0.25, 0.3) is 5.91 Å². The molecule has 0 aliphatic carbocycles. The topological polar surface area (TPSA) is 73.9 Å². The third-order valence-electron chi connectivity index (χ3n) is 4.49. The molecule has 0 saturated carbocycles. The monoisotopic (exact) mass is 395 g/mol. The van der Waals surface area contributed by atoms with E-state index in [0.29, 0.717) is 17.2 Å². The molecule has 0 aromatic heterocycles. The SMILES string of the molecule is C[C@H](OC(=O)/C=C/c1ccc2c(c1)OCO2)C(=O)Nc1ccc(C(C)(C)C)cc1. The highest BCUT2D eigenvalue weighted by Crippen LogP contribution is 2.32. The zero-order valence-electron chi connectivity index (χ0n) is 17.0. The number of ether oxygens (including phenoxy) is 3. The van der Waals surface area contributed by atoms with Gasteiger partial charge in [-0.25, -0.2) is 4.79 Å². The average molecular weight is 395 g/mol. The molecule has 1 atom stereocenters. The minimum atomic E-state index is -0.925. The van der Waals surface area contributed by atoms with Gasteiger partial charge in [0.2, 0.25) is 6.79 Å². The number of fused-ring (bicyclic) bond motifs is 1. The van der Waals surface area contributed by atoms with E-state index in [4.69, 9.17) is 14.2 Å². The highest BCUT2D eigenvalue weighted by molar-refractivity contribution is 5.96. The van der Waals surface area contributed by atoms with E-state index >= 15 is 0 Å². The number of amides is 1. The molecule has 29 heavy (non-hydrogen) atoms. The molecule has 1 aliphatic heterocycles. The number of carbonyl (C=O) groups excluding carboxylic acids is 2. The molecule has 0 fully saturated rings. The number of benzene rings is 2.